The van der Waals surface area contributed by atoms with E-state index in [9.17, 15) is 9.59 Å². The summed E-state index contributed by atoms with van der Waals surface area (Å²) in [6, 6.07) is 11.2. The zero-order valence-corrected chi connectivity index (χ0v) is 14.5. The van der Waals surface area contributed by atoms with Gasteiger partial charge >= 0.3 is 0 Å². The second kappa shape index (κ2) is 6.51. The number of aryl methyl sites for hydroxylation is 1. The van der Waals surface area contributed by atoms with Crippen LogP contribution in [0.3, 0.4) is 0 Å². The Morgan fingerprint density at radius 2 is 1.42 bits per heavy atom. The van der Waals surface area contributed by atoms with Gasteiger partial charge in [0.2, 0.25) is 0 Å². The summed E-state index contributed by atoms with van der Waals surface area (Å²) < 4.78 is 2.03. The Morgan fingerprint density at radius 1 is 0.875 bits per heavy atom. The van der Waals surface area contributed by atoms with Gasteiger partial charge in [-0.1, -0.05) is 18.2 Å². The lowest BCUT2D eigenvalue weighted by atomic mass is 10.1. The summed E-state index contributed by atoms with van der Waals surface area (Å²) >= 11 is 0. The largest absolute Gasteiger partial charge is 0.351 e. The van der Waals surface area contributed by atoms with E-state index in [0.29, 0.717) is 31.7 Å². The highest BCUT2D eigenvalue weighted by Crippen LogP contribution is 2.17. The van der Waals surface area contributed by atoms with Gasteiger partial charge in [0.1, 0.15) is 0 Å². The number of nitrogens with zero attached hydrogens (tertiary/aromatic N) is 3. The Kier molecular flexibility index (Phi) is 4.42. The molecule has 0 radical (unpaired) electrons. The van der Waals surface area contributed by atoms with E-state index in [1.807, 2.05) is 71.7 Å². The first-order valence-electron chi connectivity index (χ1n) is 8.25. The second-order valence-corrected chi connectivity index (χ2v) is 6.29. The van der Waals surface area contributed by atoms with Crippen LogP contribution < -0.4 is 0 Å². The predicted molar refractivity (Wildman–Crippen MR) is 93.1 cm³/mol. The molecule has 3 rings (SSSR count). The average Bonchev–Trinajstić information content (AvgIpc) is 2.89. The van der Waals surface area contributed by atoms with Crippen LogP contribution in [0.4, 0.5) is 0 Å². The van der Waals surface area contributed by atoms with Gasteiger partial charge in [-0.25, -0.2) is 0 Å². The summed E-state index contributed by atoms with van der Waals surface area (Å²) in [7, 11) is 1.97. The van der Waals surface area contributed by atoms with Crippen LogP contribution >= 0.6 is 0 Å². The molecule has 1 aliphatic rings. The molecule has 0 aliphatic carbocycles. The maximum Gasteiger partial charge on any atom is 0.255 e. The number of hydrogen-bond acceptors (Lipinski definition) is 2. The number of amides is 2. The predicted octanol–water partition coefficient (Wildman–Crippen LogP) is 2.24. The number of hydrogen-bond donors (Lipinski definition) is 0. The van der Waals surface area contributed by atoms with E-state index < -0.39 is 0 Å². The molecule has 0 N–H and O–H groups in total. The first kappa shape index (κ1) is 16.3. The monoisotopic (exact) mass is 325 g/mol. The number of piperazine rings is 1. The zero-order chi connectivity index (χ0) is 17.3. The summed E-state index contributed by atoms with van der Waals surface area (Å²) in [6.45, 7) is 6.26. The molecule has 0 saturated carbocycles. The summed E-state index contributed by atoms with van der Waals surface area (Å²) in [5.41, 5.74) is 3.53. The van der Waals surface area contributed by atoms with Crippen LogP contribution in [0.2, 0.25) is 0 Å². The van der Waals surface area contributed by atoms with Gasteiger partial charge in [0.05, 0.1) is 5.56 Å². The normalized spacial score (nSPS) is 14.8. The van der Waals surface area contributed by atoms with E-state index in [4.69, 9.17) is 0 Å². The molecule has 0 bridgehead atoms. The Balaban J connectivity index is 1.65. The third-order valence-electron chi connectivity index (χ3n) is 4.88. The van der Waals surface area contributed by atoms with E-state index in [2.05, 4.69) is 0 Å². The molecular weight excluding hydrogens is 302 g/mol. The van der Waals surface area contributed by atoms with Crippen molar-refractivity contribution >= 4 is 11.8 Å². The Bertz CT molecular complexity index is 756. The van der Waals surface area contributed by atoms with Gasteiger partial charge in [-0.3, -0.25) is 9.59 Å². The molecule has 1 fully saturated rings. The van der Waals surface area contributed by atoms with E-state index in [-0.39, 0.29) is 11.8 Å². The lowest BCUT2D eigenvalue weighted by Crippen LogP contribution is -2.50. The molecule has 2 aromatic rings. The van der Waals surface area contributed by atoms with Crippen LogP contribution in [0.1, 0.15) is 32.1 Å². The maximum atomic E-state index is 12.7. The minimum atomic E-state index is 0.0365. The summed E-state index contributed by atoms with van der Waals surface area (Å²) in [4.78, 5) is 28.9. The molecule has 1 saturated heterocycles. The Hall–Kier alpha value is -2.56. The maximum absolute atomic E-state index is 12.7. The number of carbonyl (C=O) groups excluding carboxylic acids is 2. The first-order valence-corrected chi connectivity index (χ1v) is 8.25. The van der Waals surface area contributed by atoms with Gasteiger partial charge in [-0.15, -0.1) is 0 Å². The van der Waals surface area contributed by atoms with Crippen LogP contribution in [0, 0.1) is 13.8 Å². The quantitative estimate of drug-likeness (QED) is 0.850. The molecule has 5 nitrogen and oxygen atoms in total. The number of aromatic nitrogens is 1. The molecule has 2 heterocycles. The second-order valence-electron chi connectivity index (χ2n) is 6.29. The fraction of sp³-hybridized carbons (Fsp3) is 0.368. The van der Waals surface area contributed by atoms with E-state index in [1.54, 1.807) is 0 Å². The topological polar surface area (TPSA) is 45.6 Å². The fourth-order valence-electron chi connectivity index (χ4n) is 3.12. The van der Waals surface area contributed by atoms with Crippen molar-refractivity contribution in [3.05, 3.63) is 58.9 Å². The molecule has 0 spiro atoms. The molecule has 1 aliphatic heterocycles. The van der Waals surface area contributed by atoms with E-state index in [0.717, 1.165) is 17.0 Å². The highest BCUT2D eigenvalue weighted by atomic mass is 16.2. The molecule has 1 aromatic heterocycles. The molecule has 24 heavy (non-hydrogen) atoms. The molecule has 2 amide bonds. The molecule has 0 atom stereocenters. The summed E-state index contributed by atoms with van der Waals surface area (Å²) in [5, 5.41) is 0. The van der Waals surface area contributed by atoms with Gasteiger partial charge in [-0.2, -0.15) is 0 Å². The van der Waals surface area contributed by atoms with Crippen molar-refractivity contribution in [2.75, 3.05) is 26.2 Å². The third kappa shape index (κ3) is 2.94. The third-order valence-corrected chi connectivity index (χ3v) is 4.88. The minimum absolute atomic E-state index is 0.0365. The number of rotatable bonds is 2. The number of carbonyl (C=O) groups is 2. The molecule has 5 heteroatoms. The highest BCUT2D eigenvalue weighted by Gasteiger charge is 2.27. The van der Waals surface area contributed by atoms with Crippen LogP contribution in [0.15, 0.2) is 36.4 Å². The Labute approximate surface area is 142 Å². The van der Waals surface area contributed by atoms with Crippen molar-refractivity contribution in [3.63, 3.8) is 0 Å². The molecule has 0 unspecified atom stereocenters. The van der Waals surface area contributed by atoms with Crippen molar-refractivity contribution in [1.82, 2.24) is 14.4 Å². The van der Waals surface area contributed by atoms with Gasteiger partial charge < -0.3 is 14.4 Å². The van der Waals surface area contributed by atoms with E-state index in [1.165, 1.54) is 0 Å². The van der Waals surface area contributed by atoms with Crippen LogP contribution in [-0.4, -0.2) is 52.4 Å². The summed E-state index contributed by atoms with van der Waals surface area (Å²) in [5.74, 6) is 0.0949. The van der Waals surface area contributed by atoms with Crippen molar-refractivity contribution in [2.45, 2.75) is 13.8 Å². The molecular formula is C19H23N3O2. The molecule has 1 aromatic carbocycles. The van der Waals surface area contributed by atoms with Crippen molar-refractivity contribution in [2.24, 2.45) is 7.05 Å². The zero-order valence-electron chi connectivity index (χ0n) is 14.5. The van der Waals surface area contributed by atoms with E-state index >= 15 is 0 Å². The lowest BCUT2D eigenvalue weighted by Gasteiger charge is -2.34. The Morgan fingerprint density at radius 3 is 1.92 bits per heavy atom. The minimum Gasteiger partial charge on any atom is -0.351 e. The average molecular weight is 325 g/mol. The smallest absolute Gasteiger partial charge is 0.255 e. The van der Waals surface area contributed by atoms with Gasteiger partial charge in [0, 0.05) is 50.2 Å². The summed E-state index contributed by atoms with van der Waals surface area (Å²) in [6.07, 6.45) is 0. The SMILES string of the molecule is Cc1cc(C(=O)N2CCN(C(=O)c3ccccc3)CC2)c(C)n1C. The fourth-order valence-corrected chi connectivity index (χ4v) is 3.12. The van der Waals surface area contributed by atoms with Crippen molar-refractivity contribution in [3.8, 4) is 0 Å². The number of benzene rings is 1. The first-order chi connectivity index (χ1) is 11.5. The van der Waals surface area contributed by atoms with Crippen LogP contribution in [-0.2, 0) is 7.05 Å². The standard InChI is InChI=1S/C19H23N3O2/c1-14-13-17(15(2)20(14)3)19(24)22-11-9-21(10-12-22)18(23)16-7-5-4-6-8-16/h4-8,13H,9-12H2,1-3H3. The van der Waals surface area contributed by atoms with Gasteiger partial charge in [0.25, 0.3) is 11.8 Å². The van der Waals surface area contributed by atoms with Crippen molar-refractivity contribution in [1.29, 1.82) is 0 Å². The van der Waals surface area contributed by atoms with Gasteiger partial charge in [0.15, 0.2) is 0 Å². The molecule has 126 valence electrons. The lowest BCUT2D eigenvalue weighted by molar-refractivity contribution is 0.0535. The van der Waals surface area contributed by atoms with Crippen LogP contribution in [0.5, 0.6) is 0 Å². The highest BCUT2D eigenvalue weighted by molar-refractivity contribution is 5.96. The van der Waals surface area contributed by atoms with Gasteiger partial charge in [-0.05, 0) is 32.0 Å². The van der Waals surface area contributed by atoms with Crippen molar-refractivity contribution < 1.29 is 9.59 Å². The van der Waals surface area contributed by atoms with Crippen LogP contribution in [0.25, 0.3) is 0 Å².